The Morgan fingerprint density at radius 3 is 2.08 bits per heavy atom. The second-order valence-electron chi connectivity index (χ2n) is 2.74. The summed E-state index contributed by atoms with van der Waals surface area (Å²) >= 11 is 0. The number of carboxylic acids is 1. The molecule has 0 spiro atoms. The van der Waals surface area contributed by atoms with Crippen molar-refractivity contribution >= 4 is 5.97 Å². The molecule has 0 aromatic rings. The Hall–Kier alpha value is -0.730. The van der Waals surface area contributed by atoms with E-state index in [0.29, 0.717) is 0 Å². The van der Waals surface area contributed by atoms with Gasteiger partial charge in [0.15, 0.2) is 6.29 Å². The number of hydrogen-bond donors (Lipinski definition) is 4. The van der Waals surface area contributed by atoms with Gasteiger partial charge in [0.2, 0.25) is 0 Å². The molecule has 76 valence electrons. The standard InChI is InChI=1S/C6H10O7/c7-1-2(8)4(5(10)11)13-6(12)3(1)9/h1-4,6-9,12H,(H,10,11)/p-1/t1-,2-,3-,4?,6+/m0/s1. The molecule has 1 aliphatic heterocycles. The van der Waals surface area contributed by atoms with Gasteiger partial charge in [-0.05, 0) is 0 Å². The summed E-state index contributed by atoms with van der Waals surface area (Å²) in [6.45, 7) is 0. The number of carbonyl (C=O) groups excluding carboxylic acids is 1. The smallest absolute Gasteiger partial charge is 0.184 e. The average Bonchev–Trinajstić information content (AvgIpc) is 2.07. The minimum atomic E-state index is -1.85. The van der Waals surface area contributed by atoms with Crippen molar-refractivity contribution in [3.8, 4) is 0 Å². The van der Waals surface area contributed by atoms with Gasteiger partial charge in [-0.25, -0.2) is 0 Å². The fourth-order valence-corrected chi connectivity index (χ4v) is 1.06. The molecule has 13 heavy (non-hydrogen) atoms. The van der Waals surface area contributed by atoms with E-state index in [1.807, 2.05) is 0 Å². The van der Waals surface area contributed by atoms with Crippen molar-refractivity contribution in [2.24, 2.45) is 0 Å². The number of ether oxygens (including phenoxy) is 1. The Morgan fingerprint density at radius 1 is 1.08 bits per heavy atom. The van der Waals surface area contributed by atoms with Gasteiger partial charge in [0.25, 0.3) is 0 Å². The van der Waals surface area contributed by atoms with E-state index < -0.39 is 36.7 Å². The van der Waals surface area contributed by atoms with Gasteiger partial charge in [-0.3, -0.25) is 0 Å². The van der Waals surface area contributed by atoms with E-state index in [0.717, 1.165) is 0 Å². The van der Waals surface area contributed by atoms with E-state index in [2.05, 4.69) is 4.74 Å². The molecule has 0 radical (unpaired) electrons. The lowest BCUT2D eigenvalue weighted by atomic mass is 9.99. The van der Waals surface area contributed by atoms with E-state index in [-0.39, 0.29) is 0 Å². The monoisotopic (exact) mass is 193 g/mol. The molecule has 0 aliphatic carbocycles. The summed E-state index contributed by atoms with van der Waals surface area (Å²) in [5.74, 6) is -1.77. The molecule has 1 heterocycles. The summed E-state index contributed by atoms with van der Waals surface area (Å²) in [5, 5.41) is 46.1. The summed E-state index contributed by atoms with van der Waals surface area (Å²) in [4.78, 5) is 10.3. The van der Waals surface area contributed by atoms with Crippen LogP contribution in [-0.2, 0) is 9.53 Å². The van der Waals surface area contributed by atoms with Crippen LogP contribution in [0.1, 0.15) is 0 Å². The predicted molar refractivity (Wildman–Crippen MR) is 33.9 cm³/mol. The molecule has 1 saturated heterocycles. The number of carbonyl (C=O) groups is 1. The highest BCUT2D eigenvalue weighted by Crippen LogP contribution is 2.19. The second-order valence-corrected chi connectivity index (χ2v) is 2.74. The zero-order valence-corrected chi connectivity index (χ0v) is 6.40. The van der Waals surface area contributed by atoms with Crippen molar-refractivity contribution in [2.75, 3.05) is 0 Å². The van der Waals surface area contributed by atoms with Crippen LogP contribution in [0.25, 0.3) is 0 Å². The first-order valence-electron chi connectivity index (χ1n) is 3.53. The molecule has 1 unspecified atom stereocenters. The van der Waals surface area contributed by atoms with Gasteiger partial charge in [0.05, 0.1) is 5.97 Å². The molecular formula is C6H9O7-. The molecule has 5 atom stereocenters. The van der Waals surface area contributed by atoms with Crippen LogP contribution in [0.4, 0.5) is 0 Å². The highest BCUT2D eigenvalue weighted by molar-refractivity contribution is 5.71. The van der Waals surface area contributed by atoms with Crippen molar-refractivity contribution < 1.29 is 35.1 Å². The van der Waals surface area contributed by atoms with Crippen molar-refractivity contribution in [1.29, 1.82) is 0 Å². The maximum atomic E-state index is 10.3. The van der Waals surface area contributed by atoms with Gasteiger partial charge >= 0.3 is 0 Å². The first kappa shape index (κ1) is 10.4. The lowest BCUT2D eigenvalue weighted by Gasteiger charge is -2.38. The van der Waals surface area contributed by atoms with E-state index in [1.165, 1.54) is 0 Å². The fourth-order valence-electron chi connectivity index (χ4n) is 1.06. The molecule has 1 aliphatic rings. The zero-order chi connectivity index (χ0) is 10.2. The summed E-state index contributed by atoms with van der Waals surface area (Å²) in [6.07, 6.45) is -9.00. The first-order chi connectivity index (χ1) is 5.95. The first-order valence-corrected chi connectivity index (χ1v) is 3.53. The maximum absolute atomic E-state index is 10.3. The maximum Gasteiger partial charge on any atom is 0.184 e. The minimum Gasteiger partial charge on any atom is -0.547 e. The van der Waals surface area contributed by atoms with Crippen LogP contribution in [0.3, 0.4) is 0 Å². The number of carboxylic acid groups (broad SMARTS) is 1. The summed E-state index contributed by atoms with van der Waals surface area (Å²) in [5.41, 5.74) is 0. The Morgan fingerprint density at radius 2 is 1.62 bits per heavy atom. The van der Waals surface area contributed by atoms with Crippen LogP contribution < -0.4 is 5.11 Å². The van der Waals surface area contributed by atoms with E-state index in [1.54, 1.807) is 0 Å². The number of aliphatic hydroxyl groups is 4. The lowest BCUT2D eigenvalue weighted by molar-refractivity contribution is -0.345. The van der Waals surface area contributed by atoms with Crippen molar-refractivity contribution in [1.82, 2.24) is 0 Å². The third kappa shape index (κ3) is 1.79. The number of rotatable bonds is 1. The summed E-state index contributed by atoms with van der Waals surface area (Å²) in [6, 6.07) is 0. The van der Waals surface area contributed by atoms with E-state index in [4.69, 9.17) is 20.4 Å². The molecule has 0 bridgehead atoms. The van der Waals surface area contributed by atoms with Crippen molar-refractivity contribution in [3.05, 3.63) is 0 Å². The van der Waals surface area contributed by atoms with Crippen LogP contribution in [0.15, 0.2) is 0 Å². The molecule has 0 saturated carbocycles. The lowest BCUT2D eigenvalue weighted by Crippen LogP contribution is -2.62. The predicted octanol–water partition coefficient (Wildman–Crippen LogP) is -4.46. The fraction of sp³-hybridized carbons (Fsp3) is 0.833. The minimum absolute atomic E-state index is 1.73. The van der Waals surface area contributed by atoms with Crippen LogP contribution in [0.2, 0.25) is 0 Å². The third-order valence-corrected chi connectivity index (χ3v) is 1.82. The molecule has 0 amide bonds. The highest BCUT2D eigenvalue weighted by atomic mass is 16.6. The molecule has 0 aromatic heterocycles. The molecular weight excluding hydrogens is 184 g/mol. The van der Waals surface area contributed by atoms with Crippen LogP contribution in [0.5, 0.6) is 0 Å². The van der Waals surface area contributed by atoms with Crippen molar-refractivity contribution in [3.63, 3.8) is 0 Å². The molecule has 4 N–H and O–H groups in total. The third-order valence-electron chi connectivity index (χ3n) is 1.82. The van der Waals surface area contributed by atoms with Gasteiger partial charge in [-0.2, -0.15) is 0 Å². The van der Waals surface area contributed by atoms with Crippen LogP contribution in [0, 0.1) is 0 Å². The molecule has 7 nitrogen and oxygen atoms in total. The molecule has 1 fully saturated rings. The van der Waals surface area contributed by atoms with Crippen molar-refractivity contribution in [2.45, 2.75) is 30.7 Å². The highest BCUT2D eigenvalue weighted by Gasteiger charge is 2.43. The topological polar surface area (TPSA) is 130 Å². The second kappa shape index (κ2) is 3.56. The molecule has 1 rings (SSSR count). The zero-order valence-electron chi connectivity index (χ0n) is 6.40. The summed E-state index contributed by atoms with van der Waals surface area (Å²) in [7, 11) is 0. The Labute approximate surface area is 72.8 Å². The molecule has 0 aromatic carbocycles. The normalized spacial score (nSPS) is 46.0. The van der Waals surface area contributed by atoms with Gasteiger partial charge in [0.1, 0.15) is 24.4 Å². The Balaban J connectivity index is 2.76. The largest absolute Gasteiger partial charge is 0.547 e. The number of aliphatic carboxylic acids is 1. The van der Waals surface area contributed by atoms with Crippen LogP contribution >= 0.6 is 0 Å². The van der Waals surface area contributed by atoms with E-state index in [9.17, 15) is 9.90 Å². The summed E-state index contributed by atoms with van der Waals surface area (Å²) < 4.78 is 4.28. The average molecular weight is 193 g/mol. The van der Waals surface area contributed by atoms with E-state index >= 15 is 0 Å². The number of aliphatic hydroxyl groups excluding tert-OH is 4. The number of hydrogen-bond acceptors (Lipinski definition) is 7. The quantitative estimate of drug-likeness (QED) is 0.330. The SMILES string of the molecule is O=C([O-])C1O[C@@H](O)[C@@H](O)[C@@H](O)[C@@H]1O. The Bertz CT molecular complexity index is 205. The van der Waals surface area contributed by atoms with Gasteiger partial charge < -0.3 is 35.1 Å². The molecule has 7 heteroatoms. The van der Waals surface area contributed by atoms with Gasteiger partial charge in [0, 0.05) is 0 Å². The van der Waals surface area contributed by atoms with Gasteiger partial charge in [-0.1, -0.05) is 0 Å². The Kier molecular flexibility index (Phi) is 2.84. The van der Waals surface area contributed by atoms with Crippen LogP contribution in [-0.4, -0.2) is 57.1 Å². The van der Waals surface area contributed by atoms with Gasteiger partial charge in [-0.15, -0.1) is 0 Å².